The Balaban J connectivity index is 2.37. The lowest BCUT2D eigenvalue weighted by atomic mass is 9.99. The van der Waals surface area contributed by atoms with Crippen LogP contribution >= 0.6 is 0 Å². The van der Waals surface area contributed by atoms with E-state index in [9.17, 15) is 4.79 Å². The first-order chi connectivity index (χ1) is 7.33. The van der Waals surface area contributed by atoms with Gasteiger partial charge in [-0.05, 0) is 27.3 Å². The van der Waals surface area contributed by atoms with Crippen LogP contribution in [0.4, 0.5) is 0 Å². The van der Waals surface area contributed by atoms with Crippen molar-refractivity contribution in [2.75, 3.05) is 33.2 Å². The van der Waals surface area contributed by atoms with Crippen LogP contribution in [0.15, 0.2) is 0 Å². The van der Waals surface area contributed by atoms with Crippen molar-refractivity contribution >= 4 is 5.97 Å². The summed E-state index contributed by atoms with van der Waals surface area (Å²) in [5.74, 6) is -0.909. The summed E-state index contributed by atoms with van der Waals surface area (Å²) >= 11 is 0. The zero-order valence-corrected chi connectivity index (χ0v) is 10.4. The number of nitrogens with two attached hydrogens (primary N) is 1. The summed E-state index contributed by atoms with van der Waals surface area (Å²) < 4.78 is 0. The molecule has 0 bridgehead atoms. The number of hydrogen-bond donors (Lipinski definition) is 2. The molecule has 1 rings (SSSR count). The van der Waals surface area contributed by atoms with Crippen molar-refractivity contribution in [1.29, 1.82) is 0 Å². The molecule has 0 aromatic carbocycles. The first-order valence-electron chi connectivity index (χ1n) is 5.75. The molecule has 1 aliphatic rings. The van der Waals surface area contributed by atoms with E-state index in [4.69, 9.17) is 10.8 Å². The summed E-state index contributed by atoms with van der Waals surface area (Å²) in [6.07, 6.45) is 0.523. The average molecular weight is 229 g/mol. The lowest BCUT2D eigenvalue weighted by Gasteiger charge is -2.45. The predicted molar refractivity (Wildman–Crippen MR) is 63.4 cm³/mol. The Morgan fingerprint density at radius 1 is 1.50 bits per heavy atom. The summed E-state index contributed by atoms with van der Waals surface area (Å²) in [4.78, 5) is 15.2. The van der Waals surface area contributed by atoms with Gasteiger partial charge in [0.05, 0.1) is 0 Å². The largest absolute Gasteiger partial charge is 0.480 e. The SMILES string of the molecule is CN1CCN(CCC(N)C(=O)O)CC1(C)C. The van der Waals surface area contributed by atoms with Gasteiger partial charge in [-0.25, -0.2) is 0 Å². The highest BCUT2D eigenvalue weighted by atomic mass is 16.4. The molecule has 94 valence electrons. The normalized spacial score (nSPS) is 24.2. The van der Waals surface area contributed by atoms with Crippen LogP contribution in [0, 0.1) is 0 Å². The number of piperazine rings is 1. The average Bonchev–Trinajstić information content (AvgIpc) is 2.19. The summed E-state index contributed by atoms with van der Waals surface area (Å²) in [5.41, 5.74) is 5.65. The molecule has 0 radical (unpaired) electrons. The van der Waals surface area contributed by atoms with Crippen molar-refractivity contribution < 1.29 is 9.90 Å². The van der Waals surface area contributed by atoms with Gasteiger partial charge in [-0.2, -0.15) is 0 Å². The molecule has 0 aromatic heterocycles. The Morgan fingerprint density at radius 2 is 2.12 bits per heavy atom. The van der Waals surface area contributed by atoms with E-state index < -0.39 is 12.0 Å². The zero-order chi connectivity index (χ0) is 12.3. The molecule has 3 N–H and O–H groups in total. The van der Waals surface area contributed by atoms with Crippen LogP contribution in [0.1, 0.15) is 20.3 Å². The van der Waals surface area contributed by atoms with E-state index in [0.717, 1.165) is 26.2 Å². The maximum Gasteiger partial charge on any atom is 0.320 e. The molecule has 16 heavy (non-hydrogen) atoms. The first kappa shape index (κ1) is 13.4. The Hall–Kier alpha value is -0.650. The molecule has 0 spiro atoms. The Morgan fingerprint density at radius 3 is 2.62 bits per heavy atom. The van der Waals surface area contributed by atoms with Crippen LogP contribution in [0.2, 0.25) is 0 Å². The van der Waals surface area contributed by atoms with Gasteiger partial charge in [-0.1, -0.05) is 0 Å². The van der Waals surface area contributed by atoms with Crippen molar-refractivity contribution in [2.24, 2.45) is 5.73 Å². The van der Waals surface area contributed by atoms with Crippen molar-refractivity contribution in [3.8, 4) is 0 Å². The van der Waals surface area contributed by atoms with Crippen LogP contribution in [-0.4, -0.2) is 65.7 Å². The molecule has 0 amide bonds. The maximum atomic E-state index is 10.6. The second kappa shape index (κ2) is 5.12. The molecule has 1 fully saturated rings. The minimum Gasteiger partial charge on any atom is -0.480 e. The van der Waals surface area contributed by atoms with Crippen LogP contribution in [0.5, 0.6) is 0 Å². The summed E-state index contributed by atoms with van der Waals surface area (Å²) in [6.45, 7) is 8.16. The molecule has 0 aliphatic carbocycles. The third-order valence-corrected chi connectivity index (χ3v) is 3.47. The lowest BCUT2D eigenvalue weighted by molar-refractivity contribution is -0.138. The number of rotatable bonds is 4. The minimum atomic E-state index is -0.909. The molecule has 1 saturated heterocycles. The number of likely N-dealkylation sites (N-methyl/N-ethyl adjacent to an activating group) is 1. The molecular formula is C11H23N3O2. The van der Waals surface area contributed by atoms with Crippen molar-refractivity contribution in [3.05, 3.63) is 0 Å². The standard InChI is InChI=1S/C11H23N3O2/c1-11(2)8-14(7-6-13(11)3)5-4-9(12)10(15)16/h9H,4-8,12H2,1-3H3,(H,15,16). The molecule has 0 saturated carbocycles. The Kier molecular flexibility index (Phi) is 4.29. The highest BCUT2D eigenvalue weighted by Gasteiger charge is 2.30. The van der Waals surface area contributed by atoms with Crippen molar-refractivity contribution in [1.82, 2.24) is 9.80 Å². The van der Waals surface area contributed by atoms with Crippen LogP contribution in [0.25, 0.3) is 0 Å². The number of carboxylic acid groups (broad SMARTS) is 1. The number of carboxylic acids is 1. The molecule has 0 aromatic rings. The maximum absolute atomic E-state index is 10.6. The topological polar surface area (TPSA) is 69.8 Å². The highest BCUT2D eigenvalue weighted by molar-refractivity contribution is 5.72. The van der Waals surface area contributed by atoms with Gasteiger partial charge in [0.1, 0.15) is 6.04 Å². The van der Waals surface area contributed by atoms with E-state index >= 15 is 0 Å². The van der Waals surface area contributed by atoms with Crippen LogP contribution in [0.3, 0.4) is 0 Å². The molecular weight excluding hydrogens is 206 g/mol. The summed E-state index contributed by atoms with van der Waals surface area (Å²) in [5, 5.41) is 8.70. The third-order valence-electron chi connectivity index (χ3n) is 3.47. The third kappa shape index (κ3) is 3.43. The van der Waals surface area contributed by atoms with Gasteiger partial charge >= 0.3 is 5.97 Å². The minimum absolute atomic E-state index is 0.158. The molecule has 1 unspecified atom stereocenters. The summed E-state index contributed by atoms with van der Waals surface area (Å²) in [6, 6.07) is -0.734. The molecule has 1 heterocycles. The lowest BCUT2D eigenvalue weighted by Crippen LogP contribution is -2.58. The predicted octanol–water partition coefficient (Wildman–Crippen LogP) is -0.186. The van der Waals surface area contributed by atoms with E-state index in [1.807, 2.05) is 0 Å². The van der Waals surface area contributed by atoms with E-state index in [0.29, 0.717) is 6.42 Å². The monoisotopic (exact) mass is 229 g/mol. The van der Waals surface area contributed by atoms with Gasteiger partial charge in [0.15, 0.2) is 0 Å². The Labute approximate surface area is 97.2 Å². The van der Waals surface area contributed by atoms with E-state index in [-0.39, 0.29) is 5.54 Å². The quantitative estimate of drug-likeness (QED) is 0.699. The van der Waals surface area contributed by atoms with Gasteiger partial charge < -0.3 is 15.7 Å². The second-order valence-corrected chi connectivity index (χ2v) is 5.24. The molecule has 1 aliphatic heterocycles. The van der Waals surface area contributed by atoms with Crippen LogP contribution in [-0.2, 0) is 4.79 Å². The van der Waals surface area contributed by atoms with Gasteiger partial charge in [0, 0.05) is 31.7 Å². The number of hydrogen-bond acceptors (Lipinski definition) is 4. The molecule has 1 atom stereocenters. The number of carbonyl (C=O) groups is 1. The van der Waals surface area contributed by atoms with Crippen molar-refractivity contribution in [3.63, 3.8) is 0 Å². The Bertz CT molecular complexity index is 256. The number of nitrogens with zero attached hydrogens (tertiary/aromatic N) is 2. The van der Waals surface area contributed by atoms with E-state index in [2.05, 4.69) is 30.7 Å². The highest BCUT2D eigenvalue weighted by Crippen LogP contribution is 2.18. The van der Waals surface area contributed by atoms with Gasteiger partial charge in [0.25, 0.3) is 0 Å². The summed E-state index contributed by atoms with van der Waals surface area (Å²) in [7, 11) is 2.13. The van der Waals surface area contributed by atoms with Gasteiger partial charge in [-0.3, -0.25) is 9.69 Å². The smallest absolute Gasteiger partial charge is 0.320 e. The second-order valence-electron chi connectivity index (χ2n) is 5.24. The van der Waals surface area contributed by atoms with Crippen molar-refractivity contribution in [2.45, 2.75) is 31.8 Å². The zero-order valence-electron chi connectivity index (χ0n) is 10.4. The molecule has 5 nitrogen and oxygen atoms in total. The van der Waals surface area contributed by atoms with Gasteiger partial charge in [-0.15, -0.1) is 0 Å². The fourth-order valence-electron chi connectivity index (χ4n) is 1.98. The molecule has 5 heteroatoms. The van der Waals surface area contributed by atoms with Crippen LogP contribution < -0.4 is 5.73 Å². The van der Waals surface area contributed by atoms with E-state index in [1.54, 1.807) is 0 Å². The fraction of sp³-hybridized carbons (Fsp3) is 0.909. The fourth-order valence-corrected chi connectivity index (χ4v) is 1.98. The first-order valence-corrected chi connectivity index (χ1v) is 5.75. The van der Waals surface area contributed by atoms with E-state index in [1.165, 1.54) is 0 Å². The van der Waals surface area contributed by atoms with Gasteiger partial charge in [0.2, 0.25) is 0 Å². The number of aliphatic carboxylic acids is 1.